The average Bonchev–Trinajstić information content (AvgIpc) is 2.90. The summed E-state index contributed by atoms with van der Waals surface area (Å²) in [6.45, 7) is 1.89. The highest BCUT2D eigenvalue weighted by molar-refractivity contribution is 5.95. The Morgan fingerprint density at radius 2 is 1.94 bits per heavy atom. The fourth-order valence-corrected chi connectivity index (χ4v) is 1.49. The van der Waals surface area contributed by atoms with E-state index in [1.54, 1.807) is 24.5 Å². The minimum Gasteiger partial charge on any atom is -0.267 e. The second-order valence-corrected chi connectivity index (χ2v) is 3.73. The summed E-state index contributed by atoms with van der Waals surface area (Å²) in [4.78, 5) is 15.5. The molecule has 1 amide bonds. The summed E-state index contributed by atoms with van der Waals surface area (Å²) in [6, 6.07) is 3.30. The number of allylic oxidation sites excluding steroid dienone is 4. The van der Waals surface area contributed by atoms with E-state index in [0.29, 0.717) is 5.56 Å². The van der Waals surface area contributed by atoms with Crippen LogP contribution < -0.4 is 5.43 Å². The van der Waals surface area contributed by atoms with Gasteiger partial charge in [0.05, 0.1) is 0 Å². The molecule has 0 aromatic carbocycles. The summed E-state index contributed by atoms with van der Waals surface area (Å²) >= 11 is 0. The quantitative estimate of drug-likeness (QED) is 0.633. The van der Waals surface area contributed by atoms with Crippen molar-refractivity contribution in [3.8, 4) is 0 Å². The Balaban J connectivity index is 1.98. The fourth-order valence-electron chi connectivity index (χ4n) is 1.49. The van der Waals surface area contributed by atoms with Crippen LogP contribution in [-0.4, -0.2) is 16.6 Å². The van der Waals surface area contributed by atoms with E-state index in [2.05, 4.69) is 15.5 Å². The molecule has 0 saturated carbocycles. The Kier molecular flexibility index (Phi) is 3.45. The molecule has 1 aromatic rings. The van der Waals surface area contributed by atoms with E-state index in [1.807, 2.05) is 31.2 Å². The largest absolute Gasteiger partial charge is 0.271 e. The van der Waals surface area contributed by atoms with Gasteiger partial charge >= 0.3 is 0 Å². The second-order valence-electron chi connectivity index (χ2n) is 3.73. The van der Waals surface area contributed by atoms with Crippen molar-refractivity contribution >= 4 is 11.6 Å². The van der Waals surface area contributed by atoms with Crippen LogP contribution in [-0.2, 0) is 0 Å². The molecule has 1 aromatic heterocycles. The predicted octanol–water partition coefficient (Wildman–Crippen LogP) is 1.93. The number of carbonyl (C=O) groups excluding carboxylic acids is 1. The van der Waals surface area contributed by atoms with Gasteiger partial charge in [-0.25, -0.2) is 5.43 Å². The molecular formula is C13H13N3O. The van der Waals surface area contributed by atoms with Gasteiger partial charge in [-0.3, -0.25) is 9.78 Å². The Morgan fingerprint density at radius 3 is 2.59 bits per heavy atom. The molecule has 1 N–H and O–H groups in total. The molecule has 0 spiro atoms. The van der Waals surface area contributed by atoms with Gasteiger partial charge in [0.1, 0.15) is 0 Å². The maximum atomic E-state index is 11.7. The summed E-state index contributed by atoms with van der Waals surface area (Å²) < 4.78 is 0. The number of hydrogen-bond acceptors (Lipinski definition) is 3. The number of hydrogen-bond donors (Lipinski definition) is 1. The van der Waals surface area contributed by atoms with Crippen molar-refractivity contribution in [2.75, 3.05) is 0 Å². The molecule has 0 bridgehead atoms. The molecule has 0 atom stereocenters. The summed E-state index contributed by atoms with van der Waals surface area (Å²) in [6.07, 6.45) is 11.1. The molecule has 1 aliphatic carbocycles. The highest BCUT2D eigenvalue weighted by atomic mass is 16.2. The van der Waals surface area contributed by atoms with Crippen molar-refractivity contribution in [1.82, 2.24) is 10.4 Å². The van der Waals surface area contributed by atoms with Gasteiger partial charge in [-0.1, -0.05) is 24.3 Å². The topological polar surface area (TPSA) is 54.4 Å². The first kappa shape index (κ1) is 11.3. The van der Waals surface area contributed by atoms with Crippen LogP contribution in [0.4, 0.5) is 0 Å². The lowest BCUT2D eigenvalue weighted by atomic mass is 10.1. The van der Waals surface area contributed by atoms with E-state index >= 15 is 0 Å². The molecular weight excluding hydrogens is 214 g/mol. The molecule has 0 radical (unpaired) electrons. The van der Waals surface area contributed by atoms with Crippen molar-refractivity contribution < 1.29 is 4.79 Å². The monoisotopic (exact) mass is 227 g/mol. The third kappa shape index (κ3) is 2.87. The zero-order valence-corrected chi connectivity index (χ0v) is 9.50. The first-order valence-electron chi connectivity index (χ1n) is 5.37. The van der Waals surface area contributed by atoms with Crippen LogP contribution in [0.2, 0.25) is 0 Å². The number of carbonyl (C=O) groups is 1. The van der Waals surface area contributed by atoms with Gasteiger partial charge < -0.3 is 0 Å². The molecule has 0 saturated heterocycles. The summed E-state index contributed by atoms with van der Waals surface area (Å²) in [7, 11) is 0. The molecule has 0 unspecified atom stereocenters. The molecule has 2 rings (SSSR count). The number of rotatable bonds is 3. The standard InChI is InChI=1S/C13H13N3O/c1-10(11-4-2-3-5-11)15-16-13(17)12-6-8-14-9-7-12/h2-9,11H,1H3,(H,16,17)/b15-10+. The molecule has 0 aliphatic heterocycles. The van der Waals surface area contributed by atoms with Crippen molar-refractivity contribution in [3.63, 3.8) is 0 Å². The maximum absolute atomic E-state index is 11.7. The molecule has 4 nitrogen and oxygen atoms in total. The van der Waals surface area contributed by atoms with Gasteiger partial charge in [0.25, 0.3) is 5.91 Å². The number of pyridine rings is 1. The van der Waals surface area contributed by atoms with Crippen molar-refractivity contribution in [1.29, 1.82) is 0 Å². The van der Waals surface area contributed by atoms with Crippen LogP contribution in [0.5, 0.6) is 0 Å². The van der Waals surface area contributed by atoms with Gasteiger partial charge in [0, 0.05) is 29.6 Å². The highest BCUT2D eigenvalue weighted by Gasteiger charge is 2.08. The summed E-state index contributed by atoms with van der Waals surface area (Å²) in [5, 5.41) is 4.08. The summed E-state index contributed by atoms with van der Waals surface area (Å²) in [5.74, 6) is -0.0366. The number of amides is 1. The van der Waals surface area contributed by atoms with E-state index in [9.17, 15) is 4.79 Å². The van der Waals surface area contributed by atoms with Crippen LogP contribution in [0, 0.1) is 5.92 Å². The van der Waals surface area contributed by atoms with Gasteiger partial charge in [-0.2, -0.15) is 5.10 Å². The Hall–Kier alpha value is -2.23. The smallest absolute Gasteiger partial charge is 0.267 e. The normalized spacial score (nSPS) is 15.2. The fraction of sp³-hybridized carbons (Fsp3) is 0.154. The Labute approximate surface area is 99.8 Å². The lowest BCUT2D eigenvalue weighted by Gasteiger charge is -2.05. The van der Waals surface area contributed by atoms with Gasteiger partial charge in [0.2, 0.25) is 0 Å². The molecule has 1 aliphatic rings. The Bertz CT molecular complexity index is 477. The highest BCUT2D eigenvalue weighted by Crippen LogP contribution is 2.10. The first-order chi connectivity index (χ1) is 8.27. The zero-order valence-electron chi connectivity index (χ0n) is 9.50. The first-order valence-corrected chi connectivity index (χ1v) is 5.37. The maximum Gasteiger partial charge on any atom is 0.271 e. The van der Waals surface area contributed by atoms with Crippen LogP contribution >= 0.6 is 0 Å². The van der Waals surface area contributed by atoms with E-state index < -0.39 is 0 Å². The van der Waals surface area contributed by atoms with Crippen molar-refractivity contribution in [2.45, 2.75) is 6.92 Å². The zero-order chi connectivity index (χ0) is 12.1. The second kappa shape index (κ2) is 5.21. The van der Waals surface area contributed by atoms with Gasteiger partial charge in [0.15, 0.2) is 0 Å². The van der Waals surface area contributed by atoms with Crippen LogP contribution in [0.25, 0.3) is 0 Å². The van der Waals surface area contributed by atoms with E-state index in [0.717, 1.165) is 5.71 Å². The molecule has 4 heteroatoms. The molecule has 1 heterocycles. The lowest BCUT2D eigenvalue weighted by molar-refractivity contribution is 0.0954. The molecule has 17 heavy (non-hydrogen) atoms. The number of nitrogens with zero attached hydrogens (tertiary/aromatic N) is 2. The van der Waals surface area contributed by atoms with Crippen LogP contribution in [0.3, 0.4) is 0 Å². The number of nitrogens with one attached hydrogen (secondary N) is 1. The number of aromatic nitrogens is 1. The van der Waals surface area contributed by atoms with Crippen LogP contribution in [0.15, 0.2) is 53.9 Å². The summed E-state index contributed by atoms with van der Waals surface area (Å²) in [5.41, 5.74) is 3.94. The predicted molar refractivity (Wildman–Crippen MR) is 66.6 cm³/mol. The van der Waals surface area contributed by atoms with Crippen molar-refractivity contribution in [3.05, 3.63) is 54.4 Å². The lowest BCUT2D eigenvalue weighted by Crippen LogP contribution is -2.20. The number of hydrazone groups is 1. The third-order valence-electron chi connectivity index (χ3n) is 2.51. The Morgan fingerprint density at radius 1 is 1.29 bits per heavy atom. The van der Waals surface area contributed by atoms with Gasteiger partial charge in [-0.05, 0) is 19.1 Å². The molecule has 0 fully saturated rings. The van der Waals surface area contributed by atoms with E-state index in [1.165, 1.54) is 0 Å². The van der Waals surface area contributed by atoms with E-state index in [-0.39, 0.29) is 11.8 Å². The molecule has 86 valence electrons. The average molecular weight is 227 g/mol. The minimum atomic E-state index is -0.224. The van der Waals surface area contributed by atoms with Crippen LogP contribution in [0.1, 0.15) is 17.3 Å². The van der Waals surface area contributed by atoms with E-state index in [4.69, 9.17) is 0 Å². The van der Waals surface area contributed by atoms with Crippen molar-refractivity contribution in [2.24, 2.45) is 11.0 Å². The van der Waals surface area contributed by atoms with Gasteiger partial charge in [-0.15, -0.1) is 0 Å². The third-order valence-corrected chi connectivity index (χ3v) is 2.51. The minimum absolute atomic E-state index is 0.188. The SMILES string of the molecule is C/C(=N\NC(=O)c1ccncc1)C1C=CC=C1.